The van der Waals surface area contributed by atoms with Crippen LogP contribution in [0.15, 0.2) is 23.7 Å². The molecule has 8 nitrogen and oxygen atoms in total. The molecular weight excluding hydrogens is 744 g/mol. The molecule has 0 bridgehead atoms. The monoisotopic (exact) mass is 831 g/mol. The second kappa shape index (κ2) is 24.9. The molecule has 1 unspecified atom stereocenters. The number of esters is 1. The van der Waals surface area contributed by atoms with Crippen LogP contribution in [-0.4, -0.2) is 47.5 Å². The molecule has 0 saturated heterocycles. The summed E-state index contributed by atoms with van der Waals surface area (Å²) < 4.78 is 51.7. The number of allylic oxidation sites excluding steroid dienone is 3. The molecule has 0 amide bonds. The van der Waals surface area contributed by atoms with Crippen LogP contribution < -0.4 is 0 Å². The molecule has 0 fully saturated rings. The minimum Gasteiger partial charge on any atom is -0.544 e. The third kappa shape index (κ3) is 22.2. The van der Waals surface area contributed by atoms with E-state index in [1.54, 1.807) is 0 Å². The Balaban J connectivity index is 3.54. The summed E-state index contributed by atoms with van der Waals surface area (Å²) in [6.07, 6.45) is 17.4. The van der Waals surface area contributed by atoms with Crippen LogP contribution in [0.1, 0.15) is 180 Å². The van der Waals surface area contributed by atoms with Gasteiger partial charge in [0.1, 0.15) is 11.5 Å². The molecule has 0 heterocycles. The van der Waals surface area contributed by atoms with Gasteiger partial charge in [-0.2, -0.15) is 0 Å². The highest BCUT2D eigenvalue weighted by atomic mass is 31.2. The molecule has 1 rings (SSSR count). The Bertz CT molecular complexity index is 1190. The van der Waals surface area contributed by atoms with E-state index in [0.29, 0.717) is 31.1 Å². The molecule has 0 aromatic heterocycles. The zero-order valence-corrected chi connectivity index (χ0v) is 41.3. The van der Waals surface area contributed by atoms with E-state index in [-0.39, 0.29) is 34.7 Å². The van der Waals surface area contributed by atoms with Gasteiger partial charge in [0.05, 0.1) is 24.9 Å². The first-order valence-corrected chi connectivity index (χ1v) is 28.9. The molecule has 0 aliphatic heterocycles. The van der Waals surface area contributed by atoms with Gasteiger partial charge in [-0.1, -0.05) is 119 Å². The number of unbranched alkanes of at least 4 members (excludes halogenated alkanes) is 5. The average Bonchev–Trinajstić information content (AvgIpc) is 3.44. The molecule has 0 spiro atoms. The number of phosphoric acid groups is 1. The summed E-state index contributed by atoms with van der Waals surface area (Å²) in [4.78, 5) is 12.2. The van der Waals surface area contributed by atoms with Crippen molar-refractivity contribution < 1.29 is 36.5 Å². The van der Waals surface area contributed by atoms with Crippen molar-refractivity contribution in [2.75, 3.05) is 6.61 Å². The Hall–Kier alpha value is -0.906. The lowest BCUT2D eigenvalue weighted by Gasteiger charge is -2.39. The zero-order chi connectivity index (χ0) is 41.9. The summed E-state index contributed by atoms with van der Waals surface area (Å²) in [5, 5.41) is 0.120. The molecule has 11 heteroatoms. The highest BCUT2D eigenvalue weighted by Gasteiger charge is 2.43. The Morgan fingerprint density at radius 2 is 1.44 bits per heavy atom. The van der Waals surface area contributed by atoms with Crippen LogP contribution in [0.4, 0.5) is 0 Å². The van der Waals surface area contributed by atoms with Gasteiger partial charge in [0.25, 0.3) is 8.32 Å². The van der Waals surface area contributed by atoms with E-state index >= 15 is 0 Å². The Morgan fingerprint density at radius 1 is 0.836 bits per heavy atom. The number of carbonyl (C=O) groups is 1. The van der Waals surface area contributed by atoms with Gasteiger partial charge in [-0.15, -0.1) is 0 Å². The predicted molar refractivity (Wildman–Crippen MR) is 236 cm³/mol. The summed E-state index contributed by atoms with van der Waals surface area (Å²) in [6, 6.07) is 2.80. The van der Waals surface area contributed by atoms with E-state index in [9.17, 15) is 9.36 Å². The second-order valence-electron chi connectivity index (χ2n) is 19.6. The van der Waals surface area contributed by atoms with Crippen molar-refractivity contribution in [3.8, 4) is 0 Å². The first-order valence-electron chi connectivity index (χ1n) is 22.0. The Kier molecular flexibility index (Phi) is 23.6. The van der Waals surface area contributed by atoms with Gasteiger partial charge in [-0.05, 0) is 101 Å². The fraction of sp³-hybridized carbons (Fsp3) is 0.886. The van der Waals surface area contributed by atoms with Crippen LogP contribution in [0, 0.1) is 11.3 Å². The van der Waals surface area contributed by atoms with Crippen LogP contribution >= 0.6 is 7.82 Å². The highest BCUT2D eigenvalue weighted by Crippen LogP contribution is 2.56. The first kappa shape index (κ1) is 52.1. The molecule has 1 aliphatic carbocycles. The first-order chi connectivity index (χ1) is 25.5. The van der Waals surface area contributed by atoms with E-state index < -0.39 is 24.5 Å². The molecule has 3 atom stereocenters. The van der Waals surface area contributed by atoms with Crippen LogP contribution in [0.3, 0.4) is 0 Å². The predicted octanol–water partition coefficient (Wildman–Crippen LogP) is 14.8. The lowest BCUT2D eigenvalue weighted by Crippen LogP contribution is -2.44. The highest BCUT2D eigenvalue weighted by molar-refractivity contribution is 7.48. The summed E-state index contributed by atoms with van der Waals surface area (Å²) in [5.74, 6) is 1.93. The fourth-order valence-electron chi connectivity index (χ4n) is 6.93. The number of ether oxygens (including phenoxy) is 1. The number of phosphoric ester groups is 1. The maximum absolute atomic E-state index is 13.9. The number of rotatable bonds is 29. The zero-order valence-electron chi connectivity index (χ0n) is 38.4. The Labute approximate surface area is 341 Å². The minimum atomic E-state index is -3.85. The van der Waals surface area contributed by atoms with Crippen LogP contribution in [0.2, 0.25) is 36.3 Å². The molecule has 0 radical (unpaired) electrons. The van der Waals surface area contributed by atoms with Crippen molar-refractivity contribution in [2.45, 2.75) is 234 Å². The molecular formula is C44H87O8PSi2. The van der Waals surface area contributed by atoms with Gasteiger partial charge in [-0.3, -0.25) is 13.8 Å². The van der Waals surface area contributed by atoms with Crippen molar-refractivity contribution in [3.05, 3.63) is 23.7 Å². The van der Waals surface area contributed by atoms with Gasteiger partial charge in [0, 0.05) is 19.3 Å². The van der Waals surface area contributed by atoms with E-state index in [2.05, 4.69) is 87.6 Å². The van der Waals surface area contributed by atoms with Crippen molar-refractivity contribution >= 4 is 30.4 Å². The fourth-order valence-corrected chi connectivity index (χ4v) is 14.8. The molecule has 324 valence electrons. The van der Waals surface area contributed by atoms with Crippen molar-refractivity contribution in [3.63, 3.8) is 0 Å². The van der Waals surface area contributed by atoms with E-state index in [1.807, 2.05) is 27.7 Å². The second-order valence-corrected chi connectivity index (χ2v) is 29.7. The van der Waals surface area contributed by atoms with Crippen molar-refractivity contribution in [1.82, 2.24) is 0 Å². The largest absolute Gasteiger partial charge is 0.544 e. The topological polar surface area (TPSA) is 89.5 Å². The van der Waals surface area contributed by atoms with Gasteiger partial charge in [0.15, 0.2) is 8.32 Å². The van der Waals surface area contributed by atoms with Crippen LogP contribution in [-0.2, 0) is 36.5 Å². The van der Waals surface area contributed by atoms with E-state index in [0.717, 1.165) is 81.7 Å². The molecule has 55 heavy (non-hydrogen) atoms. The average molecular weight is 831 g/mol. The van der Waals surface area contributed by atoms with Crippen molar-refractivity contribution in [1.29, 1.82) is 0 Å². The van der Waals surface area contributed by atoms with Crippen LogP contribution in [0.5, 0.6) is 0 Å². The smallest absolute Gasteiger partial charge is 0.530 e. The van der Waals surface area contributed by atoms with Gasteiger partial charge in [-0.25, -0.2) is 4.57 Å². The maximum atomic E-state index is 13.9. The normalized spacial score (nSPS) is 17.0. The van der Waals surface area contributed by atoms with E-state index in [4.69, 9.17) is 27.2 Å². The summed E-state index contributed by atoms with van der Waals surface area (Å²) in [6.45, 7) is 33.2. The molecule has 0 saturated carbocycles. The number of carbonyl (C=O) groups excluding carboxylic acids is 1. The standard InChI is InChI=1S/C44H87O8PSi2/c1-16-18-26-38(7)34-39(51-54(14,15)44(11,12)13)27-25-33-55(35-43(8,9)10,32-23-21-20-22-30-42(45)47-31-19-17-2)52-41-29-24-28-40(41)50-53(46,48-36(3)4)49-37(5)6/h25,27,36-39H,16-24,26,28-35H2,1-15H3/b27-25+/t38-,39+,55?/m0/s1. The maximum Gasteiger partial charge on any atom is 0.530 e. The van der Waals surface area contributed by atoms with Crippen molar-refractivity contribution in [2.24, 2.45) is 11.3 Å². The van der Waals surface area contributed by atoms with Gasteiger partial charge in [0.2, 0.25) is 0 Å². The molecule has 0 aromatic rings. The summed E-state index contributed by atoms with van der Waals surface area (Å²) in [7, 11) is -8.40. The van der Waals surface area contributed by atoms with Gasteiger partial charge >= 0.3 is 13.8 Å². The molecule has 1 aliphatic rings. The minimum absolute atomic E-state index is 0.0327. The van der Waals surface area contributed by atoms with Crippen LogP contribution in [0.25, 0.3) is 0 Å². The quantitative estimate of drug-likeness (QED) is 0.0242. The number of hydrogen-bond acceptors (Lipinski definition) is 8. The lowest BCUT2D eigenvalue weighted by atomic mass is 9.97. The Morgan fingerprint density at radius 3 is 2.00 bits per heavy atom. The molecule has 0 N–H and O–H groups in total. The summed E-state index contributed by atoms with van der Waals surface area (Å²) in [5.41, 5.74) is 0.0327. The summed E-state index contributed by atoms with van der Waals surface area (Å²) >= 11 is 0. The third-order valence-electron chi connectivity index (χ3n) is 10.5. The SMILES string of the molecule is CCCCOC(=O)CCCCCC[Si](C/C=C/[C@H](C[C@@H](C)CCCC)O[Si](C)(C)C(C)(C)C)(CC(C)(C)C)OC1=C(OP(=O)(OC(C)C)OC(C)C)CCC1. The van der Waals surface area contributed by atoms with E-state index in [1.165, 1.54) is 19.3 Å². The number of hydrogen-bond donors (Lipinski definition) is 0. The molecule has 0 aromatic carbocycles. The lowest BCUT2D eigenvalue weighted by molar-refractivity contribution is -0.143. The van der Waals surface area contributed by atoms with Gasteiger partial charge < -0.3 is 18.1 Å². The third-order valence-corrected chi connectivity index (χ3v) is 21.5.